The Labute approximate surface area is 318 Å². The summed E-state index contributed by atoms with van der Waals surface area (Å²) in [4.78, 5) is 30.5. The van der Waals surface area contributed by atoms with Crippen molar-refractivity contribution in [2.45, 2.75) is 17.4 Å². The maximum atomic E-state index is 14.9. The first-order chi connectivity index (χ1) is 24.0. The zero-order valence-electron chi connectivity index (χ0n) is 25.2. The van der Waals surface area contributed by atoms with Crippen molar-refractivity contribution in [2.24, 2.45) is 0 Å². The summed E-state index contributed by atoms with van der Waals surface area (Å²) in [5, 5.41) is 24.9. The minimum Gasteiger partial charge on any atom is -0.293 e. The lowest BCUT2D eigenvalue weighted by Crippen LogP contribution is -2.21. The highest BCUT2D eigenvalue weighted by molar-refractivity contribution is 7.91. The number of rotatable bonds is 8. The quantitative estimate of drug-likeness (QED) is 0.0834. The number of nitrogens with zero attached hydrogens (tertiary/aromatic N) is 6. The second-order valence-corrected chi connectivity index (χ2v) is 17.0. The first-order valence-corrected chi connectivity index (χ1v) is 18.0. The lowest BCUT2D eigenvalue weighted by atomic mass is 10.1. The van der Waals surface area contributed by atoms with Gasteiger partial charge < -0.3 is 0 Å². The number of hydrogen-bond donors (Lipinski definition) is 0. The van der Waals surface area contributed by atoms with Crippen LogP contribution < -0.4 is 0 Å². The number of halogens is 6. The number of sulfone groups is 1. The lowest BCUT2D eigenvalue weighted by Gasteiger charge is -2.25. The predicted octanol–water partition coefficient (Wildman–Crippen LogP) is 9.69. The third kappa shape index (κ3) is 6.78. The molecule has 0 bridgehead atoms. The number of aromatic nitrogens is 4. The molecule has 6 aromatic rings. The van der Waals surface area contributed by atoms with Crippen LogP contribution in [0.4, 0.5) is 11.4 Å². The van der Waals surface area contributed by atoms with Gasteiger partial charge in [-0.15, -0.1) is 0 Å². The molecule has 0 aliphatic rings. The molecule has 0 spiro atoms. The van der Waals surface area contributed by atoms with Gasteiger partial charge in [0.05, 0.1) is 30.8 Å². The molecule has 6 rings (SSSR count). The van der Waals surface area contributed by atoms with Crippen molar-refractivity contribution in [3.8, 4) is 34.2 Å². The zero-order valence-corrected chi connectivity index (χ0v) is 30.6. The van der Waals surface area contributed by atoms with Crippen molar-refractivity contribution in [3.63, 3.8) is 0 Å². The number of benzene rings is 4. The summed E-state index contributed by atoms with van der Waals surface area (Å²) in [5.74, 6) is 0.300. The second-order valence-electron chi connectivity index (χ2n) is 10.6. The first kappa shape index (κ1) is 36.6. The van der Waals surface area contributed by atoms with Crippen molar-refractivity contribution in [3.05, 3.63) is 141 Å². The van der Waals surface area contributed by atoms with Gasteiger partial charge in [0.2, 0.25) is 17.4 Å². The molecule has 0 atom stereocenters. The Morgan fingerprint density at radius 3 is 1.24 bits per heavy atom. The summed E-state index contributed by atoms with van der Waals surface area (Å²) in [6.07, 6.45) is 5.33. The van der Waals surface area contributed by atoms with Gasteiger partial charge in [-0.05, 0) is 12.1 Å². The van der Waals surface area contributed by atoms with Gasteiger partial charge in [0.15, 0.2) is 0 Å². The van der Waals surface area contributed by atoms with Gasteiger partial charge in [0, 0.05) is 48.0 Å². The van der Waals surface area contributed by atoms with E-state index in [0.29, 0.717) is 11.1 Å². The molecule has 0 fully saturated rings. The Morgan fingerprint density at radius 1 is 0.569 bits per heavy atom. The lowest BCUT2D eigenvalue weighted by molar-refractivity contribution is -0.384. The van der Waals surface area contributed by atoms with E-state index in [4.69, 9.17) is 69.6 Å². The average Bonchev–Trinajstić information content (AvgIpc) is 3.77. The summed E-state index contributed by atoms with van der Waals surface area (Å²) in [5.41, 5.74) is -2.43. The zero-order chi connectivity index (χ0) is 36.9. The van der Waals surface area contributed by atoms with Crippen molar-refractivity contribution < 1.29 is 18.3 Å². The molecule has 0 saturated heterocycles. The van der Waals surface area contributed by atoms with Gasteiger partial charge in [-0.3, -0.25) is 29.4 Å². The molecule has 2 heterocycles. The van der Waals surface area contributed by atoms with E-state index in [1.807, 2.05) is 0 Å². The molecule has 260 valence electrons. The fourth-order valence-corrected chi connectivity index (χ4v) is 8.84. The molecule has 0 amide bonds. The standard InChI is InChI=1S/C32H18Cl6N6O6S/c33-31(34,35)25-23(13-11-21(43(45)46)27(25)41-17-15-39-29(41)19-7-3-1-4-8-19)51(49,50)24-14-12-22(44(47)48)28(26(24)32(36,37)38)42-18-16-40-30(42)20-9-5-2-6-10-20/h1-18H. The normalized spacial score (nSPS) is 12.2. The number of alkyl halides is 6. The van der Waals surface area contributed by atoms with Gasteiger partial charge in [0.1, 0.15) is 23.0 Å². The molecule has 51 heavy (non-hydrogen) atoms. The smallest absolute Gasteiger partial charge is 0.293 e. The topological polar surface area (TPSA) is 156 Å². The summed E-state index contributed by atoms with van der Waals surface area (Å²) < 4.78 is 27.0. The van der Waals surface area contributed by atoms with Crippen LogP contribution >= 0.6 is 69.6 Å². The predicted molar refractivity (Wildman–Crippen MR) is 195 cm³/mol. The molecule has 0 aliphatic carbocycles. The van der Waals surface area contributed by atoms with E-state index in [-0.39, 0.29) is 11.6 Å². The van der Waals surface area contributed by atoms with Gasteiger partial charge in [-0.25, -0.2) is 18.4 Å². The minimum atomic E-state index is -5.05. The summed E-state index contributed by atoms with van der Waals surface area (Å²) in [7, 11) is -5.05. The van der Waals surface area contributed by atoms with Crippen molar-refractivity contribution >= 4 is 90.8 Å². The van der Waals surface area contributed by atoms with Gasteiger partial charge in [0.25, 0.3) is 11.4 Å². The van der Waals surface area contributed by atoms with E-state index in [1.165, 1.54) is 33.9 Å². The largest absolute Gasteiger partial charge is 0.293 e. The summed E-state index contributed by atoms with van der Waals surface area (Å²) >= 11 is 38.9. The second kappa shape index (κ2) is 13.7. The highest BCUT2D eigenvalue weighted by Crippen LogP contribution is 2.52. The molecule has 2 aromatic heterocycles. The number of hydrogen-bond acceptors (Lipinski definition) is 8. The molecule has 0 radical (unpaired) electrons. The highest BCUT2D eigenvalue weighted by Gasteiger charge is 2.44. The molecule has 0 aliphatic heterocycles. The van der Waals surface area contributed by atoms with Crippen LogP contribution in [0.1, 0.15) is 11.1 Å². The maximum absolute atomic E-state index is 14.9. The third-order valence-electron chi connectivity index (χ3n) is 7.60. The first-order valence-electron chi connectivity index (χ1n) is 14.2. The van der Waals surface area contributed by atoms with Crippen LogP contribution in [0, 0.1) is 20.2 Å². The van der Waals surface area contributed by atoms with Crippen LogP contribution in [-0.4, -0.2) is 37.4 Å². The average molecular weight is 827 g/mol. The Balaban J connectivity index is 1.72. The molecule has 4 aromatic carbocycles. The van der Waals surface area contributed by atoms with Crippen LogP contribution in [0.15, 0.2) is 120 Å². The van der Waals surface area contributed by atoms with Gasteiger partial charge in [-0.2, -0.15) is 0 Å². The number of nitro groups is 2. The van der Waals surface area contributed by atoms with Gasteiger partial charge >= 0.3 is 0 Å². The number of nitro benzene ring substituents is 2. The molecular weight excluding hydrogens is 809 g/mol. The Morgan fingerprint density at radius 2 is 0.922 bits per heavy atom. The van der Waals surface area contributed by atoms with Crippen LogP contribution in [0.3, 0.4) is 0 Å². The number of imidazole rings is 2. The van der Waals surface area contributed by atoms with Crippen LogP contribution in [0.2, 0.25) is 0 Å². The summed E-state index contributed by atoms with van der Waals surface area (Å²) in [6, 6.07) is 20.6. The van der Waals surface area contributed by atoms with E-state index in [1.54, 1.807) is 60.7 Å². The Hall–Kier alpha value is -4.21. The minimum absolute atomic E-state index is 0.150. The molecule has 19 heteroatoms. The third-order valence-corrected chi connectivity index (χ3v) is 10.6. The highest BCUT2D eigenvalue weighted by atomic mass is 35.6. The van der Waals surface area contributed by atoms with E-state index >= 15 is 0 Å². The van der Waals surface area contributed by atoms with Crippen LogP contribution in [-0.2, 0) is 17.4 Å². The Bertz CT molecular complexity index is 2270. The van der Waals surface area contributed by atoms with Crippen LogP contribution in [0.25, 0.3) is 34.2 Å². The SMILES string of the molecule is O=[N+]([O-])c1ccc(S(=O)(=O)c2ccc([N+](=O)[O-])c(-n3ccnc3-c3ccccc3)c2C(Cl)(Cl)Cl)c(C(Cl)(Cl)Cl)c1-n1ccnc1-c1ccccc1. The Kier molecular flexibility index (Phi) is 9.85. The van der Waals surface area contributed by atoms with Crippen molar-refractivity contribution in [1.29, 1.82) is 0 Å². The monoisotopic (exact) mass is 824 g/mol. The van der Waals surface area contributed by atoms with Gasteiger partial charge in [-0.1, -0.05) is 130 Å². The van der Waals surface area contributed by atoms with E-state index in [9.17, 15) is 28.6 Å². The van der Waals surface area contributed by atoms with Crippen LogP contribution in [0.5, 0.6) is 0 Å². The fourth-order valence-electron chi connectivity index (χ4n) is 5.59. The van der Waals surface area contributed by atoms with E-state index in [2.05, 4.69) is 9.97 Å². The van der Waals surface area contributed by atoms with Crippen molar-refractivity contribution in [2.75, 3.05) is 0 Å². The van der Waals surface area contributed by atoms with E-state index in [0.717, 1.165) is 24.3 Å². The molecule has 0 N–H and O–H groups in total. The molecular formula is C32H18Cl6N6O6S. The van der Waals surface area contributed by atoms with Crippen molar-refractivity contribution in [1.82, 2.24) is 19.1 Å². The molecule has 12 nitrogen and oxygen atoms in total. The molecule has 0 unspecified atom stereocenters. The fraction of sp³-hybridized carbons (Fsp3) is 0.0625. The maximum Gasteiger partial charge on any atom is 0.293 e. The molecule has 0 saturated carbocycles. The van der Waals surface area contributed by atoms with E-state index < -0.39 is 70.9 Å². The summed E-state index contributed by atoms with van der Waals surface area (Å²) in [6.45, 7) is 0.